The largest absolute Gasteiger partial charge is 0.496 e. The highest BCUT2D eigenvalue weighted by Gasteiger charge is 2.06. The lowest BCUT2D eigenvalue weighted by atomic mass is 10.1. The lowest BCUT2D eigenvalue weighted by molar-refractivity contribution is 0.341. The Balaban J connectivity index is 2.76. The zero-order chi connectivity index (χ0) is 12.1. The third-order valence-electron chi connectivity index (χ3n) is 2.29. The van der Waals surface area contributed by atoms with Gasteiger partial charge in [0.1, 0.15) is 5.75 Å². The van der Waals surface area contributed by atoms with E-state index >= 15 is 0 Å². The summed E-state index contributed by atoms with van der Waals surface area (Å²) in [6, 6.07) is 5.75. The molecule has 88 valence electrons. The van der Waals surface area contributed by atoms with Crippen LogP contribution in [0.3, 0.4) is 0 Å². The first-order valence-electron chi connectivity index (χ1n) is 5.28. The van der Waals surface area contributed by atoms with E-state index in [1.807, 2.05) is 25.1 Å². The number of nitrogens with zero attached hydrogens (tertiary/aromatic N) is 1. The van der Waals surface area contributed by atoms with Crippen LogP contribution in [0.15, 0.2) is 30.4 Å². The van der Waals surface area contributed by atoms with Crippen LogP contribution in [0.5, 0.6) is 5.75 Å². The summed E-state index contributed by atoms with van der Waals surface area (Å²) < 4.78 is 5.30. The lowest BCUT2D eigenvalue weighted by Gasteiger charge is -2.18. The van der Waals surface area contributed by atoms with Crippen LogP contribution in [0.4, 0.5) is 5.69 Å². The predicted octanol–water partition coefficient (Wildman–Crippen LogP) is 2.29. The van der Waals surface area contributed by atoms with Gasteiger partial charge in [0.05, 0.1) is 7.11 Å². The second-order valence-electron chi connectivity index (χ2n) is 4.20. The molecule has 0 saturated heterocycles. The van der Waals surface area contributed by atoms with E-state index in [1.54, 1.807) is 7.11 Å². The number of benzene rings is 1. The molecule has 3 heteroatoms. The van der Waals surface area contributed by atoms with E-state index in [9.17, 15) is 0 Å². The summed E-state index contributed by atoms with van der Waals surface area (Å²) in [6.45, 7) is 7.64. The average molecular weight is 220 g/mol. The van der Waals surface area contributed by atoms with Crippen LogP contribution in [-0.4, -0.2) is 25.6 Å². The van der Waals surface area contributed by atoms with E-state index in [-0.39, 0.29) is 0 Å². The third-order valence-corrected chi connectivity index (χ3v) is 2.29. The molecule has 0 aliphatic rings. The normalized spacial score (nSPS) is 10.5. The molecule has 1 aromatic carbocycles. The van der Waals surface area contributed by atoms with E-state index < -0.39 is 0 Å². The molecular formula is C13H20N2O. The summed E-state index contributed by atoms with van der Waals surface area (Å²) in [5, 5.41) is 0. The Bertz CT molecular complexity index is 374. The fourth-order valence-electron chi connectivity index (χ4n) is 1.70. The SMILES string of the molecule is C=C(C)CN(C)Cc1ccc(N)cc1OC. The first kappa shape index (κ1) is 12.6. The van der Waals surface area contributed by atoms with Gasteiger partial charge in [-0.3, -0.25) is 4.90 Å². The van der Waals surface area contributed by atoms with Crippen LogP contribution in [0.1, 0.15) is 12.5 Å². The van der Waals surface area contributed by atoms with E-state index in [1.165, 1.54) is 0 Å². The van der Waals surface area contributed by atoms with Crippen LogP contribution in [0.2, 0.25) is 0 Å². The maximum Gasteiger partial charge on any atom is 0.125 e. The molecule has 0 aliphatic heterocycles. The number of anilines is 1. The Morgan fingerprint density at radius 2 is 2.19 bits per heavy atom. The molecule has 0 amide bonds. The predicted molar refractivity (Wildman–Crippen MR) is 68.6 cm³/mol. The molecule has 2 N–H and O–H groups in total. The maximum atomic E-state index is 5.71. The molecule has 3 nitrogen and oxygen atoms in total. The van der Waals surface area contributed by atoms with E-state index in [0.29, 0.717) is 0 Å². The number of likely N-dealkylation sites (N-methyl/N-ethyl adjacent to an activating group) is 1. The topological polar surface area (TPSA) is 38.5 Å². The van der Waals surface area contributed by atoms with E-state index in [4.69, 9.17) is 10.5 Å². The second-order valence-corrected chi connectivity index (χ2v) is 4.20. The molecule has 0 atom stereocenters. The van der Waals surface area contributed by atoms with Crippen LogP contribution in [0, 0.1) is 0 Å². The Morgan fingerprint density at radius 1 is 1.50 bits per heavy atom. The molecule has 0 heterocycles. The Hall–Kier alpha value is -1.48. The molecule has 0 unspecified atom stereocenters. The van der Waals surface area contributed by atoms with Gasteiger partial charge in [-0.05, 0) is 20.0 Å². The highest BCUT2D eigenvalue weighted by molar-refractivity contribution is 5.48. The summed E-state index contributed by atoms with van der Waals surface area (Å²) >= 11 is 0. The molecule has 0 saturated carbocycles. The maximum absolute atomic E-state index is 5.71. The molecular weight excluding hydrogens is 200 g/mol. The van der Waals surface area contributed by atoms with Gasteiger partial charge in [-0.25, -0.2) is 0 Å². The van der Waals surface area contributed by atoms with Crippen molar-refractivity contribution in [1.82, 2.24) is 4.90 Å². The van der Waals surface area contributed by atoms with Crippen molar-refractivity contribution < 1.29 is 4.74 Å². The molecule has 0 radical (unpaired) electrons. The van der Waals surface area contributed by atoms with Gasteiger partial charge in [-0.15, -0.1) is 0 Å². The number of hydrogen-bond donors (Lipinski definition) is 1. The van der Waals surface area contributed by atoms with Crippen LogP contribution < -0.4 is 10.5 Å². The van der Waals surface area contributed by atoms with Crippen molar-refractivity contribution in [3.8, 4) is 5.75 Å². The first-order chi connectivity index (χ1) is 7.52. The van der Waals surface area contributed by atoms with Gasteiger partial charge < -0.3 is 10.5 Å². The minimum absolute atomic E-state index is 0.725. The highest BCUT2D eigenvalue weighted by atomic mass is 16.5. The molecule has 0 bridgehead atoms. The van der Waals surface area contributed by atoms with Crippen molar-refractivity contribution in [2.75, 3.05) is 26.4 Å². The van der Waals surface area contributed by atoms with Crippen molar-refractivity contribution in [1.29, 1.82) is 0 Å². The first-order valence-corrected chi connectivity index (χ1v) is 5.28. The molecule has 1 aromatic rings. The van der Waals surface area contributed by atoms with Crippen molar-refractivity contribution in [3.05, 3.63) is 35.9 Å². The third kappa shape index (κ3) is 3.59. The minimum Gasteiger partial charge on any atom is -0.496 e. The second kappa shape index (κ2) is 5.56. The Kier molecular flexibility index (Phi) is 4.38. The molecule has 1 rings (SSSR count). The quantitative estimate of drug-likeness (QED) is 0.611. The van der Waals surface area contributed by atoms with E-state index in [2.05, 4.69) is 18.5 Å². The van der Waals surface area contributed by atoms with E-state index in [0.717, 1.165) is 35.7 Å². The van der Waals surface area contributed by atoms with Crippen molar-refractivity contribution in [2.24, 2.45) is 0 Å². The minimum atomic E-state index is 0.725. The van der Waals surface area contributed by atoms with Gasteiger partial charge in [0.15, 0.2) is 0 Å². The van der Waals surface area contributed by atoms with Gasteiger partial charge in [0.25, 0.3) is 0 Å². The molecule has 0 spiro atoms. The number of nitrogen functional groups attached to an aromatic ring is 1. The summed E-state index contributed by atoms with van der Waals surface area (Å²) in [6.07, 6.45) is 0. The van der Waals surface area contributed by atoms with Gasteiger partial charge in [0.2, 0.25) is 0 Å². The number of methoxy groups -OCH3 is 1. The zero-order valence-electron chi connectivity index (χ0n) is 10.3. The molecule has 0 aliphatic carbocycles. The van der Waals surface area contributed by atoms with Gasteiger partial charge in [0, 0.05) is 30.4 Å². The van der Waals surface area contributed by atoms with Crippen molar-refractivity contribution in [2.45, 2.75) is 13.5 Å². The van der Waals surface area contributed by atoms with Gasteiger partial charge >= 0.3 is 0 Å². The lowest BCUT2D eigenvalue weighted by Crippen LogP contribution is -2.20. The fourth-order valence-corrected chi connectivity index (χ4v) is 1.70. The number of nitrogens with two attached hydrogens (primary N) is 1. The zero-order valence-corrected chi connectivity index (χ0v) is 10.3. The summed E-state index contributed by atoms with van der Waals surface area (Å²) in [5.41, 5.74) is 8.72. The average Bonchev–Trinajstić information content (AvgIpc) is 2.19. The number of hydrogen-bond acceptors (Lipinski definition) is 3. The van der Waals surface area contributed by atoms with Crippen LogP contribution in [-0.2, 0) is 6.54 Å². The number of rotatable bonds is 5. The molecule has 16 heavy (non-hydrogen) atoms. The Labute approximate surface area is 97.5 Å². The van der Waals surface area contributed by atoms with Crippen LogP contribution in [0.25, 0.3) is 0 Å². The van der Waals surface area contributed by atoms with Crippen molar-refractivity contribution in [3.63, 3.8) is 0 Å². The summed E-state index contributed by atoms with van der Waals surface area (Å²) in [5.74, 6) is 0.841. The van der Waals surface area contributed by atoms with Gasteiger partial charge in [-0.1, -0.05) is 18.2 Å². The standard InChI is InChI=1S/C13H20N2O/c1-10(2)8-15(3)9-11-5-6-12(14)7-13(11)16-4/h5-7H,1,8-9,14H2,2-4H3. The fraction of sp³-hybridized carbons (Fsp3) is 0.385. The monoisotopic (exact) mass is 220 g/mol. The van der Waals surface area contributed by atoms with Gasteiger partial charge in [-0.2, -0.15) is 0 Å². The van der Waals surface area contributed by atoms with Crippen molar-refractivity contribution >= 4 is 5.69 Å². The smallest absolute Gasteiger partial charge is 0.125 e. The van der Waals surface area contributed by atoms with Crippen LogP contribution >= 0.6 is 0 Å². The molecule has 0 fully saturated rings. The molecule has 0 aromatic heterocycles. The summed E-state index contributed by atoms with van der Waals surface area (Å²) in [7, 11) is 3.72. The number of ether oxygens (including phenoxy) is 1. The summed E-state index contributed by atoms with van der Waals surface area (Å²) in [4.78, 5) is 2.19. The Morgan fingerprint density at radius 3 is 2.75 bits per heavy atom. The highest BCUT2D eigenvalue weighted by Crippen LogP contribution is 2.22.